The lowest BCUT2D eigenvalue weighted by atomic mass is 10.4. The summed E-state index contributed by atoms with van der Waals surface area (Å²) in [4.78, 5) is 20.9. The molecule has 0 aromatic heterocycles. The number of hydrogen-bond acceptors (Lipinski definition) is 3. The number of nitrogens with one attached hydrogen (secondary N) is 1. The van der Waals surface area contributed by atoms with Gasteiger partial charge in [0.15, 0.2) is 0 Å². The topological polar surface area (TPSA) is 92.4 Å². The van der Waals surface area contributed by atoms with E-state index in [2.05, 4.69) is 5.32 Å². The number of aliphatic hydroxyl groups is 1. The molecule has 0 aliphatic carbocycles. The molecule has 0 spiro atoms. The summed E-state index contributed by atoms with van der Waals surface area (Å²) in [5.41, 5.74) is 4.74. The molecule has 0 fully saturated rings. The van der Waals surface area contributed by atoms with Crippen molar-refractivity contribution < 1.29 is 14.7 Å². The molecular formula is C7H12N2O3. The summed E-state index contributed by atoms with van der Waals surface area (Å²) < 4.78 is 0. The van der Waals surface area contributed by atoms with Gasteiger partial charge >= 0.3 is 0 Å². The Labute approximate surface area is 70.2 Å². The molecule has 0 bridgehead atoms. The number of aliphatic hydroxyl groups excluding tert-OH is 1. The number of hydrogen-bond donors (Lipinski definition) is 3. The minimum atomic E-state index is -0.679. The molecule has 1 atom stereocenters. The van der Waals surface area contributed by atoms with Crippen molar-refractivity contribution in [1.82, 2.24) is 5.32 Å². The third-order valence-electron chi connectivity index (χ3n) is 0.971. The van der Waals surface area contributed by atoms with Crippen LogP contribution in [0.15, 0.2) is 12.2 Å². The fraction of sp³-hybridized carbons (Fsp3) is 0.429. The monoisotopic (exact) mass is 172 g/mol. The molecular weight excluding hydrogens is 160 g/mol. The van der Waals surface area contributed by atoms with E-state index in [-0.39, 0.29) is 6.54 Å². The van der Waals surface area contributed by atoms with Crippen molar-refractivity contribution in [2.24, 2.45) is 5.73 Å². The molecule has 12 heavy (non-hydrogen) atoms. The molecule has 0 radical (unpaired) electrons. The predicted molar refractivity (Wildman–Crippen MR) is 43.0 cm³/mol. The summed E-state index contributed by atoms with van der Waals surface area (Å²) in [7, 11) is 0. The molecule has 0 rings (SSSR count). The molecule has 0 aliphatic rings. The largest absolute Gasteiger partial charge is 0.392 e. The molecule has 0 saturated carbocycles. The van der Waals surface area contributed by atoms with Gasteiger partial charge in [0.2, 0.25) is 11.8 Å². The predicted octanol–water partition coefficient (Wildman–Crippen LogP) is -1.48. The minimum absolute atomic E-state index is 0.155. The van der Waals surface area contributed by atoms with Gasteiger partial charge in [-0.3, -0.25) is 9.59 Å². The average Bonchev–Trinajstić information content (AvgIpc) is 1.96. The fourth-order valence-corrected chi connectivity index (χ4v) is 0.465. The second-order valence-corrected chi connectivity index (χ2v) is 2.33. The zero-order valence-corrected chi connectivity index (χ0v) is 6.78. The van der Waals surface area contributed by atoms with Gasteiger partial charge in [0.1, 0.15) is 0 Å². The van der Waals surface area contributed by atoms with Gasteiger partial charge in [-0.25, -0.2) is 0 Å². The Kier molecular flexibility index (Phi) is 4.71. The second-order valence-electron chi connectivity index (χ2n) is 2.33. The first-order valence-corrected chi connectivity index (χ1v) is 3.45. The number of nitrogens with two attached hydrogens (primary N) is 1. The lowest BCUT2D eigenvalue weighted by Gasteiger charge is -2.03. The minimum Gasteiger partial charge on any atom is -0.392 e. The van der Waals surface area contributed by atoms with Crippen LogP contribution in [0.2, 0.25) is 0 Å². The van der Waals surface area contributed by atoms with Gasteiger partial charge in [-0.15, -0.1) is 0 Å². The maximum Gasteiger partial charge on any atom is 0.244 e. The number of carbonyl (C=O) groups is 2. The van der Waals surface area contributed by atoms with E-state index < -0.39 is 17.9 Å². The molecule has 2 amide bonds. The van der Waals surface area contributed by atoms with Gasteiger partial charge in [-0.2, -0.15) is 0 Å². The van der Waals surface area contributed by atoms with E-state index in [1.54, 1.807) is 0 Å². The van der Waals surface area contributed by atoms with Crippen molar-refractivity contribution in [2.45, 2.75) is 13.0 Å². The van der Waals surface area contributed by atoms with Gasteiger partial charge in [-0.05, 0) is 6.92 Å². The van der Waals surface area contributed by atoms with Crippen LogP contribution in [0.25, 0.3) is 0 Å². The molecule has 0 saturated heterocycles. The van der Waals surface area contributed by atoms with E-state index in [0.717, 1.165) is 12.2 Å². The first-order valence-electron chi connectivity index (χ1n) is 3.45. The van der Waals surface area contributed by atoms with Crippen LogP contribution in [0.5, 0.6) is 0 Å². The number of amides is 2. The van der Waals surface area contributed by atoms with Crippen molar-refractivity contribution in [3.8, 4) is 0 Å². The van der Waals surface area contributed by atoms with Crippen molar-refractivity contribution in [3.05, 3.63) is 12.2 Å². The van der Waals surface area contributed by atoms with Gasteiger partial charge in [0, 0.05) is 18.7 Å². The maximum atomic E-state index is 10.7. The Bertz CT molecular complexity index is 199. The van der Waals surface area contributed by atoms with E-state index in [1.165, 1.54) is 6.92 Å². The Morgan fingerprint density at radius 3 is 2.58 bits per heavy atom. The molecule has 4 N–H and O–H groups in total. The molecule has 0 aromatic carbocycles. The Morgan fingerprint density at radius 1 is 1.58 bits per heavy atom. The first kappa shape index (κ1) is 10.6. The quantitative estimate of drug-likeness (QED) is 0.452. The van der Waals surface area contributed by atoms with Gasteiger partial charge in [0.25, 0.3) is 0 Å². The van der Waals surface area contributed by atoms with Crippen LogP contribution in [0.1, 0.15) is 6.92 Å². The fourth-order valence-electron chi connectivity index (χ4n) is 0.465. The zero-order chi connectivity index (χ0) is 9.56. The summed E-state index contributed by atoms with van der Waals surface area (Å²) in [5, 5.41) is 11.1. The van der Waals surface area contributed by atoms with Crippen molar-refractivity contribution in [2.75, 3.05) is 6.54 Å². The van der Waals surface area contributed by atoms with Crippen LogP contribution in [-0.4, -0.2) is 29.6 Å². The third kappa shape index (κ3) is 6.76. The standard InChI is InChI=1S/C7H12N2O3/c1-5(10)4-9-7(12)3-2-6(8)11/h2-3,5,10H,4H2,1H3,(H2,8,11)(H,9,12). The average molecular weight is 172 g/mol. The van der Waals surface area contributed by atoms with E-state index in [0.29, 0.717) is 0 Å². The second kappa shape index (κ2) is 5.31. The third-order valence-corrected chi connectivity index (χ3v) is 0.971. The van der Waals surface area contributed by atoms with Crippen LogP contribution in [-0.2, 0) is 9.59 Å². The molecule has 1 unspecified atom stereocenters. The number of carbonyl (C=O) groups excluding carboxylic acids is 2. The van der Waals surface area contributed by atoms with Crippen LogP contribution in [0, 0.1) is 0 Å². The highest BCUT2D eigenvalue weighted by atomic mass is 16.3. The smallest absolute Gasteiger partial charge is 0.244 e. The van der Waals surface area contributed by atoms with E-state index >= 15 is 0 Å². The molecule has 0 aliphatic heterocycles. The number of rotatable bonds is 4. The summed E-state index contributed by atoms with van der Waals surface area (Å²) in [6.45, 7) is 1.69. The molecule has 0 aromatic rings. The molecule has 5 heteroatoms. The van der Waals surface area contributed by atoms with Crippen molar-refractivity contribution in [1.29, 1.82) is 0 Å². The van der Waals surface area contributed by atoms with Gasteiger partial charge < -0.3 is 16.2 Å². The summed E-state index contributed by atoms with van der Waals surface area (Å²) in [5.74, 6) is -1.13. The van der Waals surface area contributed by atoms with Gasteiger partial charge in [0.05, 0.1) is 6.10 Å². The summed E-state index contributed by atoms with van der Waals surface area (Å²) in [6, 6.07) is 0. The highest BCUT2D eigenvalue weighted by Gasteiger charge is 1.98. The summed E-state index contributed by atoms with van der Waals surface area (Å²) >= 11 is 0. The van der Waals surface area contributed by atoms with E-state index in [1.807, 2.05) is 0 Å². The highest BCUT2D eigenvalue weighted by molar-refractivity contribution is 5.95. The number of primary amides is 1. The van der Waals surface area contributed by atoms with Crippen LogP contribution >= 0.6 is 0 Å². The Hall–Kier alpha value is -1.36. The zero-order valence-electron chi connectivity index (χ0n) is 6.78. The van der Waals surface area contributed by atoms with Crippen LogP contribution in [0.4, 0.5) is 0 Å². The Morgan fingerprint density at radius 2 is 2.17 bits per heavy atom. The lowest BCUT2D eigenvalue weighted by molar-refractivity contribution is -0.118. The van der Waals surface area contributed by atoms with Crippen LogP contribution in [0.3, 0.4) is 0 Å². The SMILES string of the molecule is CC(O)CNC(=O)C=CC(N)=O. The Balaban J connectivity index is 3.67. The lowest BCUT2D eigenvalue weighted by Crippen LogP contribution is -2.29. The summed E-state index contributed by atoms with van der Waals surface area (Å²) in [6.07, 6.45) is 1.37. The van der Waals surface area contributed by atoms with Crippen molar-refractivity contribution in [3.63, 3.8) is 0 Å². The highest BCUT2D eigenvalue weighted by Crippen LogP contribution is 1.77. The molecule has 0 heterocycles. The van der Waals surface area contributed by atoms with Crippen LogP contribution < -0.4 is 11.1 Å². The normalized spacial score (nSPS) is 12.8. The van der Waals surface area contributed by atoms with E-state index in [4.69, 9.17) is 10.8 Å². The molecule has 68 valence electrons. The van der Waals surface area contributed by atoms with Crippen molar-refractivity contribution >= 4 is 11.8 Å². The van der Waals surface area contributed by atoms with Gasteiger partial charge in [-0.1, -0.05) is 0 Å². The molecule has 5 nitrogen and oxygen atoms in total. The van der Waals surface area contributed by atoms with E-state index in [9.17, 15) is 9.59 Å². The maximum absolute atomic E-state index is 10.7. The first-order chi connectivity index (χ1) is 5.52.